The Kier molecular flexibility index (Phi) is 14.2. The van der Waals surface area contributed by atoms with Gasteiger partial charge in [0.2, 0.25) is 0 Å². The fourth-order valence-corrected chi connectivity index (χ4v) is 9.08. The van der Waals surface area contributed by atoms with Crippen LogP contribution in [-0.4, -0.2) is 74.4 Å². The third-order valence-electron chi connectivity index (χ3n) is 3.24. The highest BCUT2D eigenvalue weighted by molar-refractivity contribution is 6.78. The number of hydrogen-bond donors (Lipinski definition) is 1. The normalized spacial score (nSPS) is 12.3. The van der Waals surface area contributed by atoms with Gasteiger partial charge in [0.05, 0.1) is 0 Å². The van der Waals surface area contributed by atoms with Crippen LogP contribution in [0.15, 0.2) is 0 Å². The molecule has 0 spiro atoms. The fraction of sp³-hybridized carbons (Fsp3) is 0.938. The van der Waals surface area contributed by atoms with Crippen LogP contribution in [0, 0.1) is 0 Å². The lowest BCUT2D eigenvalue weighted by molar-refractivity contribution is -0.00728. The van der Waals surface area contributed by atoms with Crippen molar-refractivity contribution < 1.29 is 31.4 Å². The smallest absolute Gasteiger partial charge is 0.357 e. The van der Waals surface area contributed by atoms with E-state index in [0.717, 1.165) is 6.42 Å². The number of nitrogens with zero attached hydrogens (tertiary/aromatic N) is 1. The average molecular weight is 427 g/mol. The minimum Gasteiger partial charge on any atom is -0.357 e. The summed E-state index contributed by atoms with van der Waals surface area (Å²) in [4.78, 5) is 13.2. The van der Waals surface area contributed by atoms with Gasteiger partial charge in [-0.1, -0.05) is 6.92 Å². The number of nitrogens with one attached hydrogen (secondary N) is 1. The SMILES string of the molecule is CCCNC(=O)N([Si](OCC)(OCC)OCC)[Si](OCC)(OCC)OCC. The Morgan fingerprint density at radius 1 is 0.667 bits per heavy atom. The maximum atomic E-state index is 13.2. The molecule has 0 saturated carbocycles. The summed E-state index contributed by atoms with van der Waals surface area (Å²) in [5.74, 6) is 0. The van der Waals surface area contributed by atoms with E-state index in [-0.39, 0.29) is 0 Å². The summed E-state index contributed by atoms with van der Waals surface area (Å²) in [5.41, 5.74) is 0. The van der Waals surface area contributed by atoms with E-state index in [9.17, 15) is 4.79 Å². The number of carbonyl (C=O) groups is 1. The van der Waals surface area contributed by atoms with E-state index in [0.29, 0.717) is 46.2 Å². The number of hydrogen-bond acceptors (Lipinski definition) is 7. The van der Waals surface area contributed by atoms with Gasteiger partial charge in [-0.25, -0.2) is 4.23 Å². The van der Waals surface area contributed by atoms with Gasteiger partial charge in [-0.15, -0.1) is 0 Å². The highest BCUT2D eigenvalue weighted by Gasteiger charge is 2.67. The van der Waals surface area contributed by atoms with E-state index < -0.39 is 24.0 Å². The van der Waals surface area contributed by atoms with Gasteiger partial charge in [0, 0.05) is 46.2 Å². The minimum atomic E-state index is -3.68. The van der Waals surface area contributed by atoms with Crippen molar-refractivity contribution in [3.05, 3.63) is 0 Å². The minimum absolute atomic E-state index is 0.304. The summed E-state index contributed by atoms with van der Waals surface area (Å²) in [6.07, 6.45) is 0.776. The largest absolute Gasteiger partial charge is 0.634 e. The van der Waals surface area contributed by atoms with E-state index >= 15 is 0 Å². The van der Waals surface area contributed by atoms with Gasteiger partial charge in [-0.3, -0.25) is 4.79 Å². The van der Waals surface area contributed by atoms with E-state index in [1.807, 2.05) is 48.5 Å². The van der Waals surface area contributed by atoms with Crippen molar-refractivity contribution in [2.75, 3.05) is 46.2 Å². The Bertz CT molecular complexity index is 345. The van der Waals surface area contributed by atoms with Crippen LogP contribution in [0.2, 0.25) is 0 Å². The molecule has 0 rings (SSSR count). The van der Waals surface area contributed by atoms with Gasteiger partial charge in [0.1, 0.15) is 0 Å². The molecule has 0 unspecified atom stereocenters. The Morgan fingerprint density at radius 3 is 1.19 bits per heavy atom. The van der Waals surface area contributed by atoms with Gasteiger partial charge in [0.15, 0.2) is 0 Å². The molecule has 0 aromatic heterocycles. The highest BCUT2D eigenvalue weighted by Crippen LogP contribution is 2.27. The molecule has 2 amide bonds. The van der Waals surface area contributed by atoms with Crippen molar-refractivity contribution in [2.24, 2.45) is 0 Å². The zero-order valence-electron chi connectivity index (χ0n) is 18.0. The first-order valence-electron chi connectivity index (χ1n) is 9.89. The van der Waals surface area contributed by atoms with Crippen molar-refractivity contribution in [2.45, 2.75) is 54.9 Å². The molecule has 0 bridgehead atoms. The fourth-order valence-electron chi connectivity index (χ4n) is 2.46. The van der Waals surface area contributed by atoms with Gasteiger partial charge >= 0.3 is 24.0 Å². The molecule has 0 heterocycles. The number of urea groups is 1. The second-order valence-electron chi connectivity index (χ2n) is 5.21. The molecular weight excluding hydrogens is 388 g/mol. The first-order valence-corrected chi connectivity index (χ1v) is 13.2. The Balaban J connectivity index is 6.43. The molecule has 27 heavy (non-hydrogen) atoms. The van der Waals surface area contributed by atoms with Crippen LogP contribution in [0.4, 0.5) is 4.79 Å². The monoisotopic (exact) mass is 426 g/mol. The van der Waals surface area contributed by atoms with Crippen LogP contribution in [0.3, 0.4) is 0 Å². The molecule has 0 radical (unpaired) electrons. The zero-order chi connectivity index (χ0) is 20.8. The van der Waals surface area contributed by atoms with E-state index in [1.165, 1.54) is 4.23 Å². The molecule has 9 nitrogen and oxygen atoms in total. The number of amides is 2. The maximum Gasteiger partial charge on any atom is 0.634 e. The van der Waals surface area contributed by atoms with Crippen molar-refractivity contribution >= 4 is 24.0 Å². The molecule has 11 heteroatoms. The first kappa shape index (κ1) is 26.5. The summed E-state index contributed by atoms with van der Waals surface area (Å²) in [7, 11) is -7.35. The Morgan fingerprint density at radius 2 is 0.963 bits per heavy atom. The van der Waals surface area contributed by atoms with Crippen molar-refractivity contribution in [3.63, 3.8) is 0 Å². The van der Waals surface area contributed by atoms with Gasteiger partial charge in [0.25, 0.3) is 0 Å². The Labute approximate surface area is 166 Å². The average Bonchev–Trinajstić information content (AvgIpc) is 2.61. The van der Waals surface area contributed by atoms with Crippen molar-refractivity contribution in [1.82, 2.24) is 9.55 Å². The summed E-state index contributed by atoms with van der Waals surface area (Å²) in [6, 6.07) is -0.430. The van der Waals surface area contributed by atoms with Crippen molar-refractivity contribution in [3.8, 4) is 0 Å². The topological polar surface area (TPSA) is 87.7 Å². The van der Waals surface area contributed by atoms with Crippen LogP contribution < -0.4 is 5.32 Å². The molecule has 0 aliphatic heterocycles. The molecule has 0 aromatic carbocycles. The Hall–Kier alpha value is -0.536. The quantitative estimate of drug-likeness (QED) is 0.379. The maximum absolute atomic E-state index is 13.2. The van der Waals surface area contributed by atoms with Gasteiger partial charge in [-0.05, 0) is 48.0 Å². The predicted octanol–water partition coefficient (Wildman–Crippen LogP) is 2.50. The van der Waals surface area contributed by atoms with E-state index in [1.54, 1.807) is 0 Å². The van der Waals surface area contributed by atoms with Crippen LogP contribution in [0.1, 0.15) is 54.9 Å². The van der Waals surface area contributed by atoms with Crippen LogP contribution in [0.25, 0.3) is 0 Å². The third kappa shape index (κ3) is 7.42. The molecule has 0 aromatic rings. The molecule has 0 atom stereocenters. The molecule has 0 aliphatic carbocycles. The lowest BCUT2D eigenvalue weighted by Gasteiger charge is -2.44. The molecule has 1 N–H and O–H groups in total. The van der Waals surface area contributed by atoms with E-state index in [2.05, 4.69) is 5.32 Å². The highest BCUT2D eigenvalue weighted by atomic mass is 28.5. The third-order valence-corrected chi connectivity index (χ3v) is 10.3. The van der Waals surface area contributed by atoms with Crippen LogP contribution in [-0.2, 0) is 26.6 Å². The summed E-state index contributed by atoms with van der Waals surface area (Å²) < 4.78 is 37.2. The van der Waals surface area contributed by atoms with Gasteiger partial charge in [-0.2, -0.15) is 0 Å². The lowest BCUT2D eigenvalue weighted by Crippen LogP contribution is -2.77. The standard InChI is InChI=1S/C16H38N2O7Si2/c1-8-15-17-16(19)18(26(20-9-2,21-10-3)22-11-4)27(23-12-5,24-13-6)25-14-7/h8-15H2,1-7H3,(H,17,19). The zero-order valence-corrected chi connectivity index (χ0v) is 20.0. The van der Waals surface area contributed by atoms with Crippen LogP contribution >= 0.6 is 0 Å². The summed E-state index contributed by atoms with van der Waals surface area (Å²) >= 11 is 0. The molecule has 162 valence electrons. The predicted molar refractivity (Wildman–Crippen MR) is 107 cm³/mol. The number of rotatable bonds is 16. The second kappa shape index (κ2) is 14.5. The summed E-state index contributed by atoms with van der Waals surface area (Å²) in [5, 5.41) is 2.87. The van der Waals surface area contributed by atoms with E-state index in [4.69, 9.17) is 26.6 Å². The first-order chi connectivity index (χ1) is 13.0. The summed E-state index contributed by atoms with van der Waals surface area (Å²) in [6.45, 7) is 15.2. The molecular formula is C16H38N2O7Si2. The lowest BCUT2D eigenvalue weighted by atomic mass is 10.5. The second-order valence-corrected chi connectivity index (χ2v) is 10.4. The molecule has 0 saturated heterocycles. The molecule has 0 fully saturated rings. The molecule has 0 aliphatic rings. The van der Waals surface area contributed by atoms with Crippen molar-refractivity contribution in [1.29, 1.82) is 0 Å². The van der Waals surface area contributed by atoms with Gasteiger partial charge < -0.3 is 31.9 Å². The number of carbonyl (C=O) groups excluding carboxylic acids is 1. The van der Waals surface area contributed by atoms with Crippen LogP contribution in [0.5, 0.6) is 0 Å².